The number of hydrogen-bond acceptors (Lipinski definition) is 3. The summed E-state index contributed by atoms with van der Waals surface area (Å²) in [5.41, 5.74) is 9.31. The van der Waals surface area contributed by atoms with Gasteiger partial charge in [0, 0.05) is 0 Å². The molecule has 0 unspecified atom stereocenters. The maximum absolute atomic E-state index is 12.2. The molecule has 1 amide bonds. The first kappa shape index (κ1) is 15.0. The summed E-state index contributed by atoms with van der Waals surface area (Å²) in [6, 6.07) is 5.95. The van der Waals surface area contributed by atoms with E-state index in [-0.39, 0.29) is 18.1 Å². The molecule has 1 heterocycles. The SMILES string of the molecule is Cc1ccc(C)c([C@H]2CN(C(=O)[C@H](C)N)[C@H](C)CO2)c1. The Labute approximate surface area is 120 Å². The molecule has 0 aromatic heterocycles. The van der Waals surface area contributed by atoms with Crippen molar-refractivity contribution in [2.45, 2.75) is 45.9 Å². The average molecular weight is 276 g/mol. The van der Waals surface area contributed by atoms with Crippen molar-refractivity contribution in [3.8, 4) is 0 Å². The van der Waals surface area contributed by atoms with Gasteiger partial charge in [-0.05, 0) is 38.8 Å². The van der Waals surface area contributed by atoms with Gasteiger partial charge in [-0.1, -0.05) is 23.8 Å². The van der Waals surface area contributed by atoms with E-state index in [2.05, 4.69) is 32.0 Å². The van der Waals surface area contributed by atoms with Crippen LogP contribution in [0.25, 0.3) is 0 Å². The van der Waals surface area contributed by atoms with Crippen LogP contribution in [0.2, 0.25) is 0 Å². The largest absolute Gasteiger partial charge is 0.370 e. The minimum Gasteiger partial charge on any atom is -0.370 e. The fraction of sp³-hybridized carbons (Fsp3) is 0.562. The predicted octanol–water partition coefficient (Wildman–Crippen LogP) is 1.94. The van der Waals surface area contributed by atoms with E-state index >= 15 is 0 Å². The molecule has 2 rings (SSSR count). The van der Waals surface area contributed by atoms with Crippen molar-refractivity contribution in [2.75, 3.05) is 13.2 Å². The number of carbonyl (C=O) groups is 1. The molecule has 4 nitrogen and oxygen atoms in total. The van der Waals surface area contributed by atoms with Gasteiger partial charge in [-0.2, -0.15) is 0 Å². The molecule has 1 aromatic carbocycles. The van der Waals surface area contributed by atoms with Crippen molar-refractivity contribution in [1.82, 2.24) is 4.90 Å². The van der Waals surface area contributed by atoms with E-state index in [9.17, 15) is 4.79 Å². The summed E-state index contributed by atoms with van der Waals surface area (Å²) < 4.78 is 5.94. The average Bonchev–Trinajstić information content (AvgIpc) is 2.41. The highest BCUT2D eigenvalue weighted by Gasteiger charge is 2.32. The molecule has 0 aliphatic carbocycles. The van der Waals surface area contributed by atoms with Gasteiger partial charge in [0.05, 0.1) is 25.2 Å². The number of nitrogens with zero attached hydrogens (tertiary/aromatic N) is 1. The summed E-state index contributed by atoms with van der Waals surface area (Å²) in [6.45, 7) is 9.01. The Balaban J connectivity index is 2.22. The fourth-order valence-corrected chi connectivity index (χ4v) is 2.62. The number of rotatable bonds is 2. The van der Waals surface area contributed by atoms with E-state index in [4.69, 9.17) is 10.5 Å². The zero-order valence-corrected chi connectivity index (χ0v) is 12.7. The molecule has 1 aromatic rings. The van der Waals surface area contributed by atoms with Gasteiger partial charge in [-0.3, -0.25) is 4.79 Å². The zero-order chi connectivity index (χ0) is 14.9. The molecule has 1 fully saturated rings. The molecule has 3 atom stereocenters. The molecule has 0 bridgehead atoms. The molecular weight excluding hydrogens is 252 g/mol. The third kappa shape index (κ3) is 3.02. The minimum atomic E-state index is -0.463. The second-order valence-electron chi connectivity index (χ2n) is 5.81. The van der Waals surface area contributed by atoms with Gasteiger partial charge in [0.15, 0.2) is 0 Å². The van der Waals surface area contributed by atoms with Gasteiger partial charge >= 0.3 is 0 Å². The Morgan fingerprint density at radius 1 is 1.45 bits per heavy atom. The predicted molar refractivity (Wildman–Crippen MR) is 79.4 cm³/mol. The molecule has 0 spiro atoms. The van der Waals surface area contributed by atoms with Crippen molar-refractivity contribution in [3.05, 3.63) is 34.9 Å². The number of hydrogen-bond donors (Lipinski definition) is 1. The lowest BCUT2D eigenvalue weighted by Crippen LogP contribution is -2.52. The van der Waals surface area contributed by atoms with Crippen LogP contribution in [0.4, 0.5) is 0 Å². The number of amides is 1. The summed E-state index contributed by atoms with van der Waals surface area (Å²) in [6.07, 6.45) is -0.0613. The topological polar surface area (TPSA) is 55.6 Å². The minimum absolute atomic E-state index is 0.00361. The highest BCUT2D eigenvalue weighted by atomic mass is 16.5. The molecule has 4 heteroatoms. The molecule has 1 saturated heterocycles. The van der Waals surface area contributed by atoms with Crippen LogP contribution in [0.1, 0.15) is 36.6 Å². The van der Waals surface area contributed by atoms with Crippen LogP contribution < -0.4 is 5.73 Å². The van der Waals surface area contributed by atoms with E-state index in [1.807, 2.05) is 11.8 Å². The molecular formula is C16H24N2O2. The van der Waals surface area contributed by atoms with Crippen molar-refractivity contribution >= 4 is 5.91 Å². The standard InChI is InChI=1S/C16H24N2O2/c1-10-5-6-11(2)14(7-10)15-8-18(12(3)9-20-15)16(19)13(4)17/h5-7,12-13,15H,8-9,17H2,1-4H3/t12-,13+,15-/m1/s1. The van der Waals surface area contributed by atoms with Crippen LogP contribution >= 0.6 is 0 Å². The molecule has 110 valence electrons. The first-order valence-electron chi connectivity index (χ1n) is 7.15. The van der Waals surface area contributed by atoms with Crippen molar-refractivity contribution < 1.29 is 9.53 Å². The lowest BCUT2D eigenvalue weighted by atomic mass is 9.98. The highest BCUT2D eigenvalue weighted by Crippen LogP contribution is 2.28. The van der Waals surface area contributed by atoms with E-state index in [0.29, 0.717) is 13.2 Å². The van der Waals surface area contributed by atoms with Gasteiger partial charge in [0.2, 0.25) is 5.91 Å². The Morgan fingerprint density at radius 2 is 2.15 bits per heavy atom. The van der Waals surface area contributed by atoms with Crippen LogP contribution in [0.5, 0.6) is 0 Å². The van der Waals surface area contributed by atoms with E-state index in [1.165, 1.54) is 16.7 Å². The first-order valence-corrected chi connectivity index (χ1v) is 7.15. The number of morpholine rings is 1. The maximum Gasteiger partial charge on any atom is 0.239 e. The quantitative estimate of drug-likeness (QED) is 0.898. The van der Waals surface area contributed by atoms with E-state index in [1.54, 1.807) is 6.92 Å². The first-order chi connectivity index (χ1) is 9.40. The Hall–Kier alpha value is -1.39. The highest BCUT2D eigenvalue weighted by molar-refractivity contribution is 5.81. The van der Waals surface area contributed by atoms with Crippen LogP contribution in [0.15, 0.2) is 18.2 Å². The maximum atomic E-state index is 12.2. The Bertz CT molecular complexity index is 499. The van der Waals surface area contributed by atoms with Gasteiger partial charge in [-0.25, -0.2) is 0 Å². The number of nitrogens with two attached hydrogens (primary N) is 1. The summed E-state index contributed by atoms with van der Waals surface area (Å²) in [4.78, 5) is 14.0. The summed E-state index contributed by atoms with van der Waals surface area (Å²) in [7, 11) is 0. The summed E-state index contributed by atoms with van der Waals surface area (Å²) in [5.74, 6) is -0.00361. The van der Waals surface area contributed by atoms with Gasteiger partial charge < -0.3 is 15.4 Å². The number of aryl methyl sites for hydroxylation is 2. The third-order valence-corrected chi connectivity index (χ3v) is 3.89. The smallest absolute Gasteiger partial charge is 0.239 e. The zero-order valence-electron chi connectivity index (χ0n) is 12.7. The lowest BCUT2D eigenvalue weighted by molar-refractivity contribution is -0.145. The van der Waals surface area contributed by atoms with Crippen LogP contribution in [-0.2, 0) is 9.53 Å². The summed E-state index contributed by atoms with van der Waals surface area (Å²) >= 11 is 0. The molecule has 2 N–H and O–H groups in total. The fourth-order valence-electron chi connectivity index (χ4n) is 2.62. The molecule has 0 saturated carbocycles. The van der Waals surface area contributed by atoms with E-state index < -0.39 is 6.04 Å². The van der Waals surface area contributed by atoms with Crippen LogP contribution in [0, 0.1) is 13.8 Å². The van der Waals surface area contributed by atoms with Gasteiger partial charge in [0.1, 0.15) is 6.10 Å². The number of ether oxygens (including phenoxy) is 1. The number of benzene rings is 1. The van der Waals surface area contributed by atoms with Crippen LogP contribution in [-0.4, -0.2) is 36.0 Å². The Kier molecular flexibility index (Phi) is 4.45. The second-order valence-corrected chi connectivity index (χ2v) is 5.81. The van der Waals surface area contributed by atoms with Crippen molar-refractivity contribution in [1.29, 1.82) is 0 Å². The molecule has 20 heavy (non-hydrogen) atoms. The summed E-state index contributed by atoms with van der Waals surface area (Å²) in [5, 5.41) is 0. The normalized spacial score (nSPS) is 24.6. The Morgan fingerprint density at radius 3 is 2.80 bits per heavy atom. The second kappa shape index (κ2) is 5.94. The number of carbonyl (C=O) groups excluding carboxylic acids is 1. The lowest BCUT2D eigenvalue weighted by Gasteiger charge is -2.39. The molecule has 1 aliphatic rings. The van der Waals surface area contributed by atoms with Crippen molar-refractivity contribution in [2.24, 2.45) is 5.73 Å². The van der Waals surface area contributed by atoms with E-state index in [0.717, 1.165) is 0 Å². The van der Waals surface area contributed by atoms with Crippen molar-refractivity contribution in [3.63, 3.8) is 0 Å². The molecule has 1 aliphatic heterocycles. The van der Waals surface area contributed by atoms with Crippen LogP contribution in [0.3, 0.4) is 0 Å². The van der Waals surface area contributed by atoms with Gasteiger partial charge in [0.25, 0.3) is 0 Å². The third-order valence-electron chi connectivity index (χ3n) is 3.89. The monoisotopic (exact) mass is 276 g/mol. The molecule has 0 radical (unpaired) electrons. The van der Waals surface area contributed by atoms with Gasteiger partial charge in [-0.15, -0.1) is 0 Å².